The first-order valence-corrected chi connectivity index (χ1v) is 5.53. The van der Waals surface area contributed by atoms with Crippen LogP contribution in [0.2, 0.25) is 5.02 Å². The van der Waals surface area contributed by atoms with Gasteiger partial charge in [-0.25, -0.2) is 9.07 Å². The molecule has 2 aromatic rings. The number of rotatable bonds is 3. The lowest BCUT2D eigenvalue weighted by Crippen LogP contribution is -1.98. The molecular formula is C12H10ClFN2O2. The van der Waals surface area contributed by atoms with Crippen LogP contribution in [0, 0.1) is 12.7 Å². The summed E-state index contributed by atoms with van der Waals surface area (Å²) < 4.78 is 20.4. The summed E-state index contributed by atoms with van der Waals surface area (Å²) in [5.41, 5.74) is 0.807. The number of carbonyl (C=O) groups excluding carboxylic acids is 1. The van der Waals surface area contributed by atoms with Gasteiger partial charge in [0.15, 0.2) is 17.9 Å². The van der Waals surface area contributed by atoms with Crippen LogP contribution < -0.4 is 4.74 Å². The van der Waals surface area contributed by atoms with E-state index in [2.05, 4.69) is 5.10 Å². The van der Waals surface area contributed by atoms with E-state index in [1.165, 1.54) is 16.8 Å². The Bertz CT molecular complexity index is 610. The van der Waals surface area contributed by atoms with Crippen LogP contribution in [0.4, 0.5) is 4.39 Å². The van der Waals surface area contributed by atoms with Gasteiger partial charge in [-0.2, -0.15) is 5.10 Å². The molecule has 0 saturated carbocycles. The van der Waals surface area contributed by atoms with Crippen molar-refractivity contribution in [1.82, 2.24) is 9.78 Å². The minimum absolute atomic E-state index is 0.0426. The monoisotopic (exact) mass is 268 g/mol. The van der Waals surface area contributed by atoms with Gasteiger partial charge in [-0.05, 0) is 19.1 Å². The molecule has 4 nitrogen and oxygen atoms in total. The molecule has 2 rings (SSSR count). The van der Waals surface area contributed by atoms with Crippen LogP contribution in [0.3, 0.4) is 0 Å². The topological polar surface area (TPSA) is 44.1 Å². The highest BCUT2D eigenvalue weighted by atomic mass is 35.5. The Morgan fingerprint density at radius 3 is 2.89 bits per heavy atom. The molecule has 0 amide bonds. The third kappa shape index (κ3) is 2.09. The van der Waals surface area contributed by atoms with Gasteiger partial charge in [-0.3, -0.25) is 4.79 Å². The highest BCUT2D eigenvalue weighted by Gasteiger charge is 2.17. The summed E-state index contributed by atoms with van der Waals surface area (Å²) in [6.45, 7) is 1.67. The van der Waals surface area contributed by atoms with E-state index < -0.39 is 5.82 Å². The fraction of sp³-hybridized carbons (Fsp3) is 0.167. The molecule has 18 heavy (non-hydrogen) atoms. The van der Waals surface area contributed by atoms with Gasteiger partial charge in [0, 0.05) is 7.05 Å². The van der Waals surface area contributed by atoms with Crippen LogP contribution in [0.25, 0.3) is 0 Å². The summed E-state index contributed by atoms with van der Waals surface area (Å²) >= 11 is 5.65. The predicted octanol–water partition coefficient (Wildman–Crippen LogP) is 3.13. The van der Waals surface area contributed by atoms with Crippen molar-refractivity contribution in [2.45, 2.75) is 6.92 Å². The molecule has 0 aliphatic carbocycles. The maximum atomic E-state index is 13.7. The fourth-order valence-electron chi connectivity index (χ4n) is 1.58. The molecule has 0 bridgehead atoms. The van der Waals surface area contributed by atoms with E-state index in [-0.39, 0.29) is 22.2 Å². The van der Waals surface area contributed by atoms with E-state index in [9.17, 15) is 9.18 Å². The summed E-state index contributed by atoms with van der Waals surface area (Å²) in [5.74, 6) is -0.535. The molecule has 0 unspecified atom stereocenters. The molecule has 0 N–H and O–H groups in total. The van der Waals surface area contributed by atoms with Gasteiger partial charge in [-0.15, -0.1) is 0 Å². The van der Waals surface area contributed by atoms with Gasteiger partial charge >= 0.3 is 0 Å². The van der Waals surface area contributed by atoms with Gasteiger partial charge in [-0.1, -0.05) is 17.7 Å². The van der Waals surface area contributed by atoms with Gasteiger partial charge in [0.2, 0.25) is 5.88 Å². The standard InChI is InChI=1S/C12H10ClFN2O2/c1-7-8(6-17)12(16(2)15-7)18-10-5-3-4-9(13)11(10)14/h3-6H,1-2H3. The molecule has 1 heterocycles. The zero-order chi connectivity index (χ0) is 13.3. The fourth-order valence-corrected chi connectivity index (χ4v) is 1.74. The van der Waals surface area contributed by atoms with Gasteiger partial charge in [0.25, 0.3) is 0 Å². The number of nitrogens with zero attached hydrogens (tertiary/aromatic N) is 2. The van der Waals surface area contributed by atoms with Crippen molar-refractivity contribution in [2.24, 2.45) is 7.05 Å². The van der Waals surface area contributed by atoms with E-state index in [1.807, 2.05) is 0 Å². The molecule has 1 aromatic heterocycles. The molecule has 0 atom stereocenters. The lowest BCUT2D eigenvalue weighted by molar-refractivity contribution is 0.112. The van der Waals surface area contributed by atoms with Gasteiger partial charge < -0.3 is 4.74 Å². The average molecular weight is 269 g/mol. The molecule has 1 aromatic carbocycles. The quantitative estimate of drug-likeness (QED) is 0.804. The van der Waals surface area contributed by atoms with E-state index in [1.54, 1.807) is 20.0 Å². The van der Waals surface area contributed by atoms with Crippen molar-refractivity contribution in [1.29, 1.82) is 0 Å². The molecule has 94 valence electrons. The second kappa shape index (κ2) is 4.78. The number of halogens is 2. The summed E-state index contributed by atoms with van der Waals surface area (Å²) in [6, 6.07) is 4.40. The Labute approximate surface area is 108 Å². The van der Waals surface area contributed by atoms with Crippen LogP contribution >= 0.6 is 11.6 Å². The van der Waals surface area contributed by atoms with E-state index in [4.69, 9.17) is 16.3 Å². The lowest BCUT2D eigenvalue weighted by Gasteiger charge is -2.08. The van der Waals surface area contributed by atoms with Crippen LogP contribution in [0.1, 0.15) is 16.1 Å². The maximum Gasteiger partial charge on any atom is 0.228 e. The Balaban J connectivity index is 2.46. The highest BCUT2D eigenvalue weighted by Crippen LogP contribution is 2.30. The second-order valence-corrected chi connectivity index (χ2v) is 4.11. The number of hydrogen-bond donors (Lipinski definition) is 0. The largest absolute Gasteiger partial charge is 0.435 e. The number of aldehydes is 1. The molecular weight excluding hydrogens is 259 g/mol. The SMILES string of the molecule is Cc1nn(C)c(Oc2cccc(Cl)c2F)c1C=O. The molecule has 0 aliphatic rings. The molecule has 0 aliphatic heterocycles. The van der Waals surface area contributed by atoms with Crippen LogP contribution in [-0.4, -0.2) is 16.1 Å². The number of benzene rings is 1. The first-order chi connectivity index (χ1) is 8.54. The maximum absolute atomic E-state index is 13.7. The minimum Gasteiger partial charge on any atom is -0.435 e. The molecule has 0 saturated heterocycles. The van der Waals surface area contributed by atoms with Crippen molar-refractivity contribution in [3.63, 3.8) is 0 Å². The number of carbonyl (C=O) groups is 1. The first kappa shape index (κ1) is 12.6. The smallest absolute Gasteiger partial charge is 0.228 e. The third-order valence-corrected chi connectivity index (χ3v) is 2.75. The second-order valence-electron chi connectivity index (χ2n) is 3.70. The van der Waals surface area contributed by atoms with Gasteiger partial charge in [0.1, 0.15) is 0 Å². The van der Waals surface area contributed by atoms with E-state index in [0.717, 1.165) is 0 Å². The molecule has 0 spiro atoms. The zero-order valence-electron chi connectivity index (χ0n) is 9.78. The van der Waals surface area contributed by atoms with Crippen molar-refractivity contribution in [3.8, 4) is 11.6 Å². The Hall–Kier alpha value is -1.88. The van der Waals surface area contributed by atoms with Crippen molar-refractivity contribution in [2.75, 3.05) is 0 Å². The molecule has 6 heteroatoms. The van der Waals surface area contributed by atoms with Crippen molar-refractivity contribution in [3.05, 3.63) is 40.3 Å². The molecule has 0 fully saturated rings. The first-order valence-electron chi connectivity index (χ1n) is 5.15. The summed E-state index contributed by atoms with van der Waals surface area (Å²) in [6.07, 6.45) is 0.625. The number of aryl methyl sites for hydroxylation is 2. The van der Waals surface area contributed by atoms with Crippen LogP contribution in [0.15, 0.2) is 18.2 Å². The van der Waals surface area contributed by atoms with Crippen LogP contribution in [-0.2, 0) is 7.05 Å². The zero-order valence-corrected chi connectivity index (χ0v) is 10.5. The van der Waals surface area contributed by atoms with E-state index >= 15 is 0 Å². The predicted molar refractivity (Wildman–Crippen MR) is 64.8 cm³/mol. The molecule has 0 radical (unpaired) electrons. The Morgan fingerprint density at radius 1 is 1.50 bits per heavy atom. The third-order valence-electron chi connectivity index (χ3n) is 2.45. The average Bonchev–Trinajstić information content (AvgIpc) is 2.59. The van der Waals surface area contributed by atoms with Crippen LogP contribution in [0.5, 0.6) is 11.6 Å². The summed E-state index contributed by atoms with van der Waals surface area (Å²) in [7, 11) is 1.61. The van der Waals surface area contributed by atoms with Crippen molar-refractivity contribution < 1.29 is 13.9 Å². The van der Waals surface area contributed by atoms with Gasteiger partial charge in [0.05, 0.1) is 16.3 Å². The van der Waals surface area contributed by atoms with E-state index in [0.29, 0.717) is 12.0 Å². The summed E-state index contributed by atoms with van der Waals surface area (Å²) in [5, 5.41) is 3.99. The number of ether oxygens (including phenoxy) is 1. The highest BCUT2D eigenvalue weighted by molar-refractivity contribution is 6.30. The Morgan fingerprint density at radius 2 is 2.22 bits per heavy atom. The Kier molecular flexibility index (Phi) is 3.34. The normalized spacial score (nSPS) is 10.4. The summed E-state index contributed by atoms with van der Waals surface area (Å²) in [4.78, 5) is 11.0. The lowest BCUT2D eigenvalue weighted by atomic mass is 10.3. The minimum atomic E-state index is -0.671. The number of aromatic nitrogens is 2. The van der Waals surface area contributed by atoms with Crippen molar-refractivity contribution >= 4 is 17.9 Å². The number of hydrogen-bond acceptors (Lipinski definition) is 3.